The molecule has 0 atom stereocenters. The van der Waals surface area contributed by atoms with Gasteiger partial charge in [-0.3, -0.25) is 14.9 Å². The summed E-state index contributed by atoms with van der Waals surface area (Å²) in [5.74, 6) is -1.22. The second-order valence-electron chi connectivity index (χ2n) is 5.88. The third kappa shape index (κ3) is 5.53. The van der Waals surface area contributed by atoms with Crippen LogP contribution in [0, 0.1) is 10.1 Å². The number of non-ortho nitro benzene ring substituents is 1. The van der Waals surface area contributed by atoms with E-state index in [-0.39, 0.29) is 16.8 Å². The molecule has 0 aliphatic carbocycles. The number of nitrogens with zero attached hydrogens (tertiary/aromatic N) is 2. The maximum absolute atomic E-state index is 12.3. The van der Waals surface area contributed by atoms with E-state index in [9.17, 15) is 19.7 Å². The number of nitro benzene ring substituents is 1. The molecule has 142 valence electrons. The van der Waals surface area contributed by atoms with Crippen LogP contribution in [0.2, 0.25) is 0 Å². The van der Waals surface area contributed by atoms with Gasteiger partial charge in [0, 0.05) is 43.5 Å². The second kappa shape index (κ2) is 9.33. The molecule has 0 spiro atoms. The van der Waals surface area contributed by atoms with E-state index in [1.54, 1.807) is 0 Å². The summed E-state index contributed by atoms with van der Waals surface area (Å²) in [5.41, 5.74) is 0.735. The molecule has 27 heavy (non-hydrogen) atoms. The molecule has 0 saturated heterocycles. The van der Waals surface area contributed by atoms with Gasteiger partial charge in [0.05, 0.1) is 17.6 Å². The molecule has 8 heteroatoms. The summed E-state index contributed by atoms with van der Waals surface area (Å²) >= 11 is 0. The number of rotatable bonds is 8. The Kier molecular flexibility index (Phi) is 6.87. The topological polar surface area (TPSA) is 102 Å². The SMILES string of the molecule is COC(=O)c1cc(C(=O)NCCCN(C)c2ccccc2)cc([N+](=O)[O-])c1. The molecule has 8 nitrogen and oxygen atoms in total. The molecule has 2 aromatic rings. The Morgan fingerprint density at radius 1 is 1.15 bits per heavy atom. The van der Waals surface area contributed by atoms with Gasteiger partial charge in [-0.25, -0.2) is 4.79 Å². The van der Waals surface area contributed by atoms with E-state index in [0.717, 1.165) is 24.4 Å². The van der Waals surface area contributed by atoms with E-state index in [1.165, 1.54) is 13.2 Å². The monoisotopic (exact) mass is 371 g/mol. The molecule has 0 fully saturated rings. The lowest BCUT2D eigenvalue weighted by Gasteiger charge is -2.19. The summed E-state index contributed by atoms with van der Waals surface area (Å²) in [5, 5.41) is 13.7. The van der Waals surface area contributed by atoms with Crippen molar-refractivity contribution in [3.8, 4) is 0 Å². The van der Waals surface area contributed by atoms with E-state index in [0.29, 0.717) is 13.0 Å². The highest BCUT2D eigenvalue weighted by Gasteiger charge is 2.18. The Bertz CT molecular complexity index is 823. The van der Waals surface area contributed by atoms with Crippen LogP contribution in [0.3, 0.4) is 0 Å². The summed E-state index contributed by atoms with van der Waals surface area (Å²) in [6.07, 6.45) is 0.690. The number of benzene rings is 2. The maximum atomic E-state index is 12.3. The number of nitro groups is 1. The standard InChI is InChI=1S/C19H21N3O5/c1-21(16-7-4-3-5-8-16)10-6-9-20-18(23)14-11-15(19(24)27-2)13-17(12-14)22(25)26/h3-5,7-8,11-13H,6,9-10H2,1-2H3,(H,20,23). The molecule has 0 heterocycles. The minimum absolute atomic E-state index is 0.0411. The smallest absolute Gasteiger partial charge is 0.338 e. The van der Waals surface area contributed by atoms with Gasteiger partial charge in [-0.1, -0.05) is 18.2 Å². The number of ether oxygens (including phenoxy) is 1. The fourth-order valence-corrected chi connectivity index (χ4v) is 2.52. The number of para-hydroxylation sites is 1. The van der Waals surface area contributed by atoms with Gasteiger partial charge < -0.3 is 15.0 Å². The van der Waals surface area contributed by atoms with E-state index in [2.05, 4.69) is 15.0 Å². The highest BCUT2D eigenvalue weighted by molar-refractivity contribution is 5.98. The summed E-state index contributed by atoms with van der Waals surface area (Å²) in [4.78, 5) is 36.4. The van der Waals surface area contributed by atoms with E-state index in [1.807, 2.05) is 37.4 Å². The van der Waals surface area contributed by atoms with Gasteiger partial charge in [-0.2, -0.15) is 0 Å². The molecule has 0 unspecified atom stereocenters. The number of carbonyl (C=O) groups is 2. The van der Waals surface area contributed by atoms with Crippen molar-refractivity contribution in [3.05, 3.63) is 69.8 Å². The van der Waals surface area contributed by atoms with E-state index < -0.39 is 16.8 Å². The molecule has 2 rings (SSSR count). The Morgan fingerprint density at radius 2 is 1.81 bits per heavy atom. The van der Waals surface area contributed by atoms with Crippen LogP contribution < -0.4 is 10.2 Å². The number of anilines is 1. The molecule has 0 aliphatic rings. The predicted molar refractivity (Wildman–Crippen MR) is 101 cm³/mol. The number of hydrogen-bond acceptors (Lipinski definition) is 6. The second-order valence-corrected chi connectivity index (χ2v) is 5.88. The van der Waals surface area contributed by atoms with Crippen LogP contribution in [-0.2, 0) is 4.74 Å². The molecule has 0 bridgehead atoms. The van der Waals surface area contributed by atoms with Crippen molar-refractivity contribution in [1.29, 1.82) is 0 Å². The highest BCUT2D eigenvalue weighted by atomic mass is 16.6. The molecule has 0 radical (unpaired) electrons. The minimum atomic E-state index is -0.739. The van der Waals surface area contributed by atoms with Crippen LogP contribution in [0.4, 0.5) is 11.4 Å². The Morgan fingerprint density at radius 3 is 2.44 bits per heavy atom. The van der Waals surface area contributed by atoms with Crippen molar-refractivity contribution in [2.45, 2.75) is 6.42 Å². The zero-order valence-corrected chi connectivity index (χ0v) is 15.2. The first-order chi connectivity index (χ1) is 12.9. The van der Waals surface area contributed by atoms with Crippen LogP contribution >= 0.6 is 0 Å². The van der Waals surface area contributed by atoms with Gasteiger partial charge in [-0.05, 0) is 24.6 Å². The summed E-state index contributed by atoms with van der Waals surface area (Å²) in [6, 6.07) is 13.3. The molecular formula is C19H21N3O5. The zero-order valence-electron chi connectivity index (χ0n) is 15.2. The van der Waals surface area contributed by atoms with E-state index in [4.69, 9.17) is 0 Å². The van der Waals surface area contributed by atoms with Crippen molar-refractivity contribution >= 4 is 23.3 Å². The molecule has 2 aromatic carbocycles. The fraction of sp³-hybridized carbons (Fsp3) is 0.263. The highest BCUT2D eigenvalue weighted by Crippen LogP contribution is 2.18. The molecule has 0 aromatic heterocycles. The Balaban J connectivity index is 1.96. The summed E-state index contributed by atoms with van der Waals surface area (Å²) in [7, 11) is 3.13. The molecule has 0 aliphatic heterocycles. The van der Waals surface area contributed by atoms with Crippen molar-refractivity contribution in [2.75, 3.05) is 32.1 Å². The molecule has 0 saturated carbocycles. The number of hydrogen-bond donors (Lipinski definition) is 1. The van der Waals surface area contributed by atoms with Crippen LogP contribution in [-0.4, -0.2) is 44.0 Å². The van der Waals surface area contributed by atoms with Crippen molar-refractivity contribution < 1.29 is 19.2 Å². The quantitative estimate of drug-likeness (QED) is 0.331. The maximum Gasteiger partial charge on any atom is 0.338 e. The van der Waals surface area contributed by atoms with Crippen LogP contribution in [0.5, 0.6) is 0 Å². The first kappa shape index (κ1) is 19.9. The average Bonchev–Trinajstić information content (AvgIpc) is 2.70. The Labute approximate surface area is 156 Å². The summed E-state index contributed by atoms with van der Waals surface area (Å²) in [6.45, 7) is 1.12. The number of methoxy groups -OCH3 is 1. The predicted octanol–water partition coefficient (Wildman–Crippen LogP) is 2.64. The largest absolute Gasteiger partial charge is 0.465 e. The minimum Gasteiger partial charge on any atom is -0.465 e. The zero-order chi connectivity index (χ0) is 19.8. The van der Waals surface area contributed by atoms with Crippen molar-refractivity contribution in [3.63, 3.8) is 0 Å². The van der Waals surface area contributed by atoms with Crippen LogP contribution in [0.1, 0.15) is 27.1 Å². The van der Waals surface area contributed by atoms with Crippen molar-refractivity contribution in [2.24, 2.45) is 0 Å². The van der Waals surface area contributed by atoms with Gasteiger partial charge >= 0.3 is 5.97 Å². The van der Waals surface area contributed by atoms with Crippen molar-refractivity contribution in [1.82, 2.24) is 5.32 Å². The first-order valence-corrected chi connectivity index (χ1v) is 8.34. The van der Waals surface area contributed by atoms with Crippen LogP contribution in [0.15, 0.2) is 48.5 Å². The number of nitrogens with one attached hydrogen (secondary N) is 1. The lowest BCUT2D eigenvalue weighted by atomic mass is 10.1. The van der Waals surface area contributed by atoms with Gasteiger partial charge in [0.1, 0.15) is 0 Å². The Hall–Kier alpha value is -3.42. The number of esters is 1. The lowest BCUT2D eigenvalue weighted by molar-refractivity contribution is -0.384. The van der Waals surface area contributed by atoms with Gasteiger partial charge in [0.15, 0.2) is 0 Å². The number of carbonyl (C=O) groups excluding carboxylic acids is 2. The van der Waals surface area contributed by atoms with E-state index >= 15 is 0 Å². The fourth-order valence-electron chi connectivity index (χ4n) is 2.52. The third-order valence-electron chi connectivity index (χ3n) is 3.96. The molecule has 1 N–H and O–H groups in total. The lowest BCUT2D eigenvalue weighted by Crippen LogP contribution is -2.28. The van der Waals surface area contributed by atoms with Gasteiger partial charge in [0.25, 0.3) is 11.6 Å². The summed E-state index contributed by atoms with van der Waals surface area (Å²) < 4.78 is 4.57. The normalized spacial score (nSPS) is 10.1. The van der Waals surface area contributed by atoms with Crippen LogP contribution in [0.25, 0.3) is 0 Å². The number of amides is 1. The first-order valence-electron chi connectivity index (χ1n) is 8.34. The molecular weight excluding hydrogens is 350 g/mol. The third-order valence-corrected chi connectivity index (χ3v) is 3.96. The average molecular weight is 371 g/mol. The molecule has 1 amide bonds. The van der Waals surface area contributed by atoms with Gasteiger partial charge in [-0.15, -0.1) is 0 Å². The van der Waals surface area contributed by atoms with Gasteiger partial charge in [0.2, 0.25) is 0 Å².